The number of fused-ring (bicyclic) bond motifs is 3. The van der Waals surface area contributed by atoms with Gasteiger partial charge in [0.15, 0.2) is 17.3 Å². The van der Waals surface area contributed by atoms with Gasteiger partial charge in [-0.1, -0.05) is 0 Å². The highest BCUT2D eigenvalue weighted by atomic mass is 16.5. The van der Waals surface area contributed by atoms with Crippen molar-refractivity contribution in [2.45, 2.75) is 19.8 Å². The quantitative estimate of drug-likeness (QED) is 0.513. The van der Waals surface area contributed by atoms with Gasteiger partial charge < -0.3 is 13.9 Å². The first-order valence-electron chi connectivity index (χ1n) is 9.39. The van der Waals surface area contributed by atoms with Crippen LogP contribution < -0.4 is 9.47 Å². The molecule has 0 aliphatic carbocycles. The summed E-state index contributed by atoms with van der Waals surface area (Å²) in [6, 6.07) is 11.1. The molecular formula is C22H18N4O4. The van der Waals surface area contributed by atoms with Crippen LogP contribution in [0.15, 0.2) is 64.7 Å². The van der Waals surface area contributed by atoms with Crippen LogP contribution in [0.3, 0.4) is 0 Å². The topological polar surface area (TPSA) is 91.8 Å². The molecule has 0 radical (unpaired) electrons. The molecule has 30 heavy (non-hydrogen) atoms. The van der Waals surface area contributed by atoms with Gasteiger partial charge in [-0.25, -0.2) is 14.5 Å². The van der Waals surface area contributed by atoms with Crippen LogP contribution in [0.4, 0.5) is 0 Å². The van der Waals surface area contributed by atoms with Crippen molar-refractivity contribution in [2.24, 2.45) is 0 Å². The SMILES string of the molecule is COc1ccc(-c2nc3c4c(ncn3n2)OC(C)=C(C(C)=O)[C@@H]4c2ccco2)cc1. The van der Waals surface area contributed by atoms with Crippen LogP contribution in [-0.2, 0) is 4.79 Å². The van der Waals surface area contributed by atoms with Gasteiger partial charge in [-0.05, 0) is 50.2 Å². The van der Waals surface area contributed by atoms with Crippen LogP contribution >= 0.6 is 0 Å². The first-order chi connectivity index (χ1) is 14.6. The summed E-state index contributed by atoms with van der Waals surface area (Å²) in [5.74, 6) is 2.21. The minimum Gasteiger partial charge on any atom is -0.497 e. The lowest BCUT2D eigenvalue weighted by molar-refractivity contribution is -0.114. The number of aromatic nitrogens is 4. The van der Waals surface area contributed by atoms with Crippen molar-refractivity contribution in [3.63, 3.8) is 0 Å². The van der Waals surface area contributed by atoms with E-state index in [1.54, 1.807) is 37.2 Å². The Morgan fingerprint density at radius 3 is 2.67 bits per heavy atom. The molecule has 1 aliphatic rings. The zero-order valence-corrected chi connectivity index (χ0v) is 16.6. The Kier molecular flexibility index (Phi) is 4.13. The molecule has 4 aromatic rings. The molecule has 1 atom stereocenters. The van der Waals surface area contributed by atoms with Crippen LogP contribution in [0, 0.1) is 0 Å². The monoisotopic (exact) mass is 402 g/mol. The Balaban J connectivity index is 1.73. The van der Waals surface area contributed by atoms with Gasteiger partial charge in [0.25, 0.3) is 0 Å². The van der Waals surface area contributed by atoms with Crippen molar-refractivity contribution >= 4 is 11.4 Å². The molecule has 150 valence electrons. The molecule has 0 saturated carbocycles. The highest BCUT2D eigenvalue weighted by molar-refractivity contribution is 5.97. The molecule has 0 bridgehead atoms. The van der Waals surface area contributed by atoms with Crippen LogP contribution in [0.5, 0.6) is 11.6 Å². The second-order valence-electron chi connectivity index (χ2n) is 6.97. The van der Waals surface area contributed by atoms with Crippen molar-refractivity contribution in [1.82, 2.24) is 19.6 Å². The Labute approximate surface area is 171 Å². The predicted molar refractivity (Wildman–Crippen MR) is 107 cm³/mol. The lowest BCUT2D eigenvalue weighted by Gasteiger charge is -2.26. The van der Waals surface area contributed by atoms with Crippen molar-refractivity contribution in [3.8, 4) is 23.0 Å². The average molecular weight is 402 g/mol. The summed E-state index contributed by atoms with van der Waals surface area (Å²) in [5, 5.41) is 4.57. The minimum atomic E-state index is -0.481. The normalized spacial score (nSPS) is 15.8. The minimum absolute atomic E-state index is 0.101. The number of ketones is 1. The number of ether oxygens (including phenoxy) is 2. The van der Waals surface area contributed by atoms with E-state index in [4.69, 9.17) is 18.9 Å². The van der Waals surface area contributed by atoms with Gasteiger partial charge in [0.1, 0.15) is 23.6 Å². The molecule has 1 aliphatic heterocycles. The molecule has 8 nitrogen and oxygen atoms in total. The first-order valence-corrected chi connectivity index (χ1v) is 9.39. The summed E-state index contributed by atoms with van der Waals surface area (Å²) in [4.78, 5) is 21.7. The van der Waals surface area contributed by atoms with Crippen LogP contribution in [0.1, 0.15) is 31.1 Å². The molecule has 0 unspecified atom stereocenters. The summed E-state index contributed by atoms with van der Waals surface area (Å²) in [5.41, 5.74) is 2.55. The molecule has 0 fully saturated rings. The summed E-state index contributed by atoms with van der Waals surface area (Å²) >= 11 is 0. The summed E-state index contributed by atoms with van der Waals surface area (Å²) in [7, 11) is 1.62. The zero-order valence-electron chi connectivity index (χ0n) is 16.6. The average Bonchev–Trinajstić information content (AvgIpc) is 3.42. The van der Waals surface area contributed by atoms with E-state index in [0.29, 0.717) is 40.0 Å². The molecule has 8 heteroatoms. The third-order valence-corrected chi connectivity index (χ3v) is 5.15. The molecule has 0 saturated heterocycles. The Bertz CT molecular complexity index is 1290. The fraction of sp³-hybridized carbons (Fsp3) is 0.182. The number of hydrogen-bond donors (Lipinski definition) is 0. The van der Waals surface area contributed by atoms with E-state index in [1.165, 1.54) is 6.92 Å². The van der Waals surface area contributed by atoms with Gasteiger partial charge in [-0.2, -0.15) is 0 Å². The number of rotatable bonds is 4. The second kappa shape index (κ2) is 6.84. The fourth-order valence-electron chi connectivity index (χ4n) is 3.79. The molecular weight excluding hydrogens is 384 g/mol. The maximum atomic E-state index is 12.5. The van der Waals surface area contributed by atoms with Gasteiger partial charge >= 0.3 is 0 Å². The van der Waals surface area contributed by atoms with Crippen molar-refractivity contribution in [2.75, 3.05) is 7.11 Å². The summed E-state index contributed by atoms with van der Waals surface area (Å²) in [6.07, 6.45) is 3.14. The standard InChI is InChI=1S/C22H18N4O4/c1-12(27)17-13(2)30-22-19(18(17)16-5-4-10-29-16)21-24-20(25-26(21)11-23-22)14-6-8-15(28-3)9-7-14/h4-11,18H,1-3H3/t18-/m0/s1. The molecule has 3 aromatic heterocycles. The third kappa shape index (κ3) is 2.76. The molecule has 0 amide bonds. The van der Waals surface area contributed by atoms with E-state index >= 15 is 0 Å². The van der Waals surface area contributed by atoms with E-state index in [2.05, 4.69) is 10.1 Å². The lowest BCUT2D eigenvalue weighted by atomic mass is 9.85. The molecule has 5 rings (SSSR count). The van der Waals surface area contributed by atoms with Crippen molar-refractivity contribution in [3.05, 3.63) is 71.6 Å². The predicted octanol–water partition coefficient (Wildman–Crippen LogP) is 3.78. The Morgan fingerprint density at radius 1 is 1.20 bits per heavy atom. The number of hydrogen-bond acceptors (Lipinski definition) is 7. The molecule has 0 N–H and O–H groups in total. The highest BCUT2D eigenvalue weighted by Crippen LogP contribution is 2.44. The first kappa shape index (κ1) is 18.1. The second-order valence-corrected chi connectivity index (χ2v) is 6.97. The molecule has 4 heterocycles. The van der Waals surface area contributed by atoms with E-state index in [1.807, 2.05) is 30.3 Å². The number of Topliss-reactive ketones (excluding diaryl/α,β-unsaturated/α-hetero) is 1. The number of allylic oxidation sites excluding steroid dienone is 2. The number of furan rings is 1. The van der Waals surface area contributed by atoms with Gasteiger partial charge in [-0.3, -0.25) is 4.79 Å². The van der Waals surface area contributed by atoms with E-state index in [9.17, 15) is 4.79 Å². The zero-order chi connectivity index (χ0) is 20.8. The number of carbonyl (C=O) groups is 1. The van der Waals surface area contributed by atoms with Crippen molar-refractivity contribution in [1.29, 1.82) is 0 Å². The third-order valence-electron chi connectivity index (χ3n) is 5.15. The van der Waals surface area contributed by atoms with E-state index < -0.39 is 5.92 Å². The van der Waals surface area contributed by atoms with E-state index in [-0.39, 0.29) is 5.78 Å². The van der Waals surface area contributed by atoms with Gasteiger partial charge in [0, 0.05) is 11.1 Å². The van der Waals surface area contributed by atoms with Crippen LogP contribution in [0.2, 0.25) is 0 Å². The molecule has 1 aromatic carbocycles. The highest BCUT2D eigenvalue weighted by Gasteiger charge is 2.37. The van der Waals surface area contributed by atoms with Gasteiger partial charge in [0.2, 0.25) is 5.88 Å². The maximum absolute atomic E-state index is 12.5. The van der Waals surface area contributed by atoms with E-state index in [0.717, 1.165) is 11.3 Å². The summed E-state index contributed by atoms with van der Waals surface area (Å²) in [6.45, 7) is 3.28. The van der Waals surface area contributed by atoms with Crippen LogP contribution in [-0.4, -0.2) is 32.5 Å². The Morgan fingerprint density at radius 2 is 2.00 bits per heavy atom. The fourth-order valence-corrected chi connectivity index (χ4v) is 3.79. The summed E-state index contributed by atoms with van der Waals surface area (Å²) < 4.78 is 18.4. The number of nitrogens with zero attached hydrogens (tertiary/aromatic N) is 4. The number of benzene rings is 1. The molecule has 0 spiro atoms. The number of methoxy groups -OCH3 is 1. The van der Waals surface area contributed by atoms with Crippen LogP contribution in [0.25, 0.3) is 17.0 Å². The Hall–Kier alpha value is -3.94. The van der Waals surface area contributed by atoms with Gasteiger partial charge in [-0.15, -0.1) is 5.10 Å². The van der Waals surface area contributed by atoms with Gasteiger partial charge in [0.05, 0.1) is 24.9 Å². The largest absolute Gasteiger partial charge is 0.497 e. The lowest BCUT2D eigenvalue weighted by Crippen LogP contribution is -2.21. The van der Waals surface area contributed by atoms with Crippen molar-refractivity contribution < 1.29 is 18.7 Å². The smallest absolute Gasteiger partial charge is 0.228 e. The number of carbonyl (C=O) groups excluding carboxylic acids is 1. The maximum Gasteiger partial charge on any atom is 0.228 e.